The SMILES string of the molecule is O=S([O-])c1c(-c2ccccc2)cc(-c2ccccc2)cc1-c1ccccc1.[Na+]. The largest absolute Gasteiger partial charge is 1.00 e. The molecule has 0 saturated carbocycles. The Labute approximate surface area is 189 Å². The first-order chi connectivity index (χ1) is 13.2. The van der Waals surface area contributed by atoms with E-state index in [1.807, 2.05) is 103 Å². The van der Waals surface area contributed by atoms with Gasteiger partial charge in [0.05, 0.1) is 0 Å². The van der Waals surface area contributed by atoms with Gasteiger partial charge >= 0.3 is 29.6 Å². The van der Waals surface area contributed by atoms with Crippen molar-refractivity contribution in [2.45, 2.75) is 4.90 Å². The Bertz CT molecular complexity index is 1020. The summed E-state index contributed by atoms with van der Waals surface area (Å²) in [5, 5.41) is 0. The summed E-state index contributed by atoms with van der Waals surface area (Å²) < 4.78 is 24.5. The van der Waals surface area contributed by atoms with Gasteiger partial charge in [0.15, 0.2) is 0 Å². The average molecular weight is 392 g/mol. The fraction of sp³-hybridized carbons (Fsp3) is 0. The van der Waals surface area contributed by atoms with Gasteiger partial charge in [-0.3, -0.25) is 4.21 Å². The zero-order valence-electron chi connectivity index (χ0n) is 15.5. The van der Waals surface area contributed by atoms with Crippen molar-refractivity contribution in [2.75, 3.05) is 0 Å². The smallest absolute Gasteiger partial charge is 0.768 e. The Kier molecular flexibility index (Phi) is 7.00. The fourth-order valence-electron chi connectivity index (χ4n) is 3.27. The minimum absolute atomic E-state index is 0. The minimum Gasteiger partial charge on any atom is -0.768 e. The summed E-state index contributed by atoms with van der Waals surface area (Å²) in [5.41, 5.74) is 5.23. The molecular weight excluding hydrogens is 375 g/mol. The second kappa shape index (κ2) is 9.46. The average Bonchev–Trinajstić information content (AvgIpc) is 2.74. The fourth-order valence-corrected chi connectivity index (χ4v) is 3.98. The van der Waals surface area contributed by atoms with Crippen LogP contribution in [-0.2, 0) is 11.1 Å². The van der Waals surface area contributed by atoms with E-state index in [1.165, 1.54) is 0 Å². The maximum absolute atomic E-state index is 12.2. The molecule has 4 aromatic carbocycles. The third kappa shape index (κ3) is 4.35. The van der Waals surface area contributed by atoms with Gasteiger partial charge in [-0.05, 0) is 56.6 Å². The van der Waals surface area contributed by atoms with E-state index < -0.39 is 11.1 Å². The molecule has 0 aromatic heterocycles. The molecule has 0 N–H and O–H groups in total. The van der Waals surface area contributed by atoms with Crippen LogP contribution < -0.4 is 29.6 Å². The van der Waals surface area contributed by atoms with Crippen LogP contribution in [0.15, 0.2) is 108 Å². The molecule has 28 heavy (non-hydrogen) atoms. The van der Waals surface area contributed by atoms with Gasteiger partial charge in [0.2, 0.25) is 0 Å². The van der Waals surface area contributed by atoms with Gasteiger partial charge in [-0.15, -0.1) is 0 Å². The van der Waals surface area contributed by atoms with E-state index in [0.29, 0.717) is 16.0 Å². The maximum atomic E-state index is 12.2. The number of benzene rings is 4. The molecular formula is C24H17NaO2S. The minimum atomic E-state index is -2.37. The van der Waals surface area contributed by atoms with Crippen LogP contribution in [0.5, 0.6) is 0 Å². The Morgan fingerprint density at radius 3 is 1.25 bits per heavy atom. The van der Waals surface area contributed by atoms with Crippen LogP contribution in [0.4, 0.5) is 0 Å². The van der Waals surface area contributed by atoms with E-state index in [4.69, 9.17) is 0 Å². The van der Waals surface area contributed by atoms with Crippen molar-refractivity contribution in [1.82, 2.24) is 0 Å². The molecule has 132 valence electrons. The van der Waals surface area contributed by atoms with Gasteiger partial charge < -0.3 is 4.55 Å². The first-order valence-electron chi connectivity index (χ1n) is 8.67. The zero-order valence-corrected chi connectivity index (χ0v) is 18.4. The van der Waals surface area contributed by atoms with E-state index in [9.17, 15) is 8.76 Å². The van der Waals surface area contributed by atoms with Gasteiger partial charge in [0.1, 0.15) is 0 Å². The van der Waals surface area contributed by atoms with Crippen molar-refractivity contribution < 1.29 is 38.3 Å². The Hall–Kier alpha value is -2.01. The van der Waals surface area contributed by atoms with Gasteiger partial charge in [0, 0.05) is 4.90 Å². The Morgan fingerprint density at radius 2 is 0.893 bits per heavy atom. The quantitative estimate of drug-likeness (QED) is 0.396. The van der Waals surface area contributed by atoms with E-state index in [2.05, 4.69) is 0 Å². The molecule has 0 aliphatic heterocycles. The van der Waals surface area contributed by atoms with Crippen LogP contribution >= 0.6 is 0 Å². The molecule has 4 rings (SSSR count). The molecule has 2 nitrogen and oxygen atoms in total. The third-order valence-electron chi connectivity index (χ3n) is 4.53. The summed E-state index contributed by atoms with van der Waals surface area (Å²) in [7, 11) is 0. The summed E-state index contributed by atoms with van der Waals surface area (Å²) in [4.78, 5) is 0.326. The van der Waals surface area contributed by atoms with Crippen molar-refractivity contribution in [2.24, 2.45) is 0 Å². The van der Waals surface area contributed by atoms with Crippen LogP contribution in [-0.4, -0.2) is 8.76 Å². The van der Waals surface area contributed by atoms with E-state index in [1.54, 1.807) is 0 Å². The van der Waals surface area contributed by atoms with Crippen LogP contribution in [0.1, 0.15) is 0 Å². The molecule has 1 atom stereocenters. The van der Waals surface area contributed by atoms with Crippen molar-refractivity contribution in [3.05, 3.63) is 103 Å². The molecule has 0 bridgehead atoms. The summed E-state index contributed by atoms with van der Waals surface area (Å²) in [6.07, 6.45) is 0. The van der Waals surface area contributed by atoms with E-state index in [-0.39, 0.29) is 29.6 Å². The van der Waals surface area contributed by atoms with E-state index in [0.717, 1.165) is 22.3 Å². The predicted molar refractivity (Wildman–Crippen MR) is 110 cm³/mol. The summed E-state index contributed by atoms with van der Waals surface area (Å²) in [6, 6.07) is 33.2. The van der Waals surface area contributed by atoms with Crippen LogP contribution in [0.25, 0.3) is 33.4 Å². The number of hydrogen-bond donors (Lipinski definition) is 0. The Morgan fingerprint density at radius 1 is 0.536 bits per heavy atom. The molecule has 0 aliphatic carbocycles. The standard InChI is InChI=1S/C24H18O2S.Na/c25-27(26)24-22(19-12-6-2-7-13-19)16-21(18-10-4-1-5-11-18)17-23(24)20-14-8-3-9-15-20;/h1-17H,(H,25,26);/q;+1/p-1. The van der Waals surface area contributed by atoms with Crippen LogP contribution in [0, 0.1) is 0 Å². The van der Waals surface area contributed by atoms with Crippen LogP contribution in [0.3, 0.4) is 0 Å². The molecule has 4 heteroatoms. The second-order valence-electron chi connectivity index (χ2n) is 6.23. The molecule has 0 saturated heterocycles. The Balaban J connectivity index is 0.00000225. The third-order valence-corrected chi connectivity index (χ3v) is 5.31. The normalized spacial score (nSPS) is 11.5. The molecule has 0 radical (unpaired) electrons. The summed E-state index contributed by atoms with van der Waals surface area (Å²) >= 11 is -2.37. The first-order valence-corrected chi connectivity index (χ1v) is 9.75. The topological polar surface area (TPSA) is 40.1 Å². The molecule has 0 heterocycles. The van der Waals surface area contributed by atoms with Gasteiger partial charge in [-0.2, -0.15) is 0 Å². The van der Waals surface area contributed by atoms with E-state index >= 15 is 0 Å². The predicted octanol–water partition coefficient (Wildman–Crippen LogP) is 2.93. The van der Waals surface area contributed by atoms with Gasteiger partial charge in [-0.25, -0.2) is 0 Å². The van der Waals surface area contributed by atoms with Crippen molar-refractivity contribution in [1.29, 1.82) is 0 Å². The molecule has 0 fully saturated rings. The summed E-state index contributed by atoms with van der Waals surface area (Å²) in [6.45, 7) is 0. The van der Waals surface area contributed by atoms with Gasteiger partial charge in [0.25, 0.3) is 0 Å². The van der Waals surface area contributed by atoms with Crippen molar-refractivity contribution >= 4 is 11.1 Å². The number of rotatable bonds is 4. The zero-order chi connectivity index (χ0) is 18.6. The van der Waals surface area contributed by atoms with Crippen molar-refractivity contribution in [3.63, 3.8) is 0 Å². The first kappa shape index (κ1) is 20.7. The molecule has 0 spiro atoms. The molecule has 4 aromatic rings. The van der Waals surface area contributed by atoms with Gasteiger partial charge in [-0.1, -0.05) is 91.0 Å². The molecule has 1 unspecified atom stereocenters. The van der Waals surface area contributed by atoms with Crippen molar-refractivity contribution in [3.8, 4) is 33.4 Å². The molecule has 0 amide bonds. The molecule has 0 aliphatic rings. The second-order valence-corrected chi connectivity index (χ2v) is 7.11. The monoisotopic (exact) mass is 392 g/mol. The summed E-state index contributed by atoms with van der Waals surface area (Å²) in [5.74, 6) is 0. The van der Waals surface area contributed by atoms with Crippen LogP contribution in [0.2, 0.25) is 0 Å². The number of hydrogen-bond acceptors (Lipinski definition) is 2. The maximum Gasteiger partial charge on any atom is 1.00 e.